The van der Waals surface area contributed by atoms with Crippen LogP contribution < -0.4 is 10.6 Å². The average molecular weight is 348 g/mol. The molecule has 1 unspecified atom stereocenters. The number of amides is 1. The van der Waals surface area contributed by atoms with Crippen molar-refractivity contribution in [2.75, 3.05) is 13.1 Å². The van der Waals surface area contributed by atoms with Crippen LogP contribution in [0.5, 0.6) is 0 Å². The highest BCUT2D eigenvalue weighted by Crippen LogP contribution is 2.22. The summed E-state index contributed by atoms with van der Waals surface area (Å²) in [6.07, 6.45) is 2.31. The van der Waals surface area contributed by atoms with E-state index in [1.165, 1.54) is 6.42 Å². The molecule has 0 radical (unpaired) electrons. The number of pyridine rings is 1. The molecule has 0 spiro atoms. The molecule has 5 heteroatoms. The molecule has 1 aromatic heterocycles. The van der Waals surface area contributed by atoms with Gasteiger partial charge in [-0.05, 0) is 44.5 Å². The Bertz CT molecular complexity index is 675. The second-order valence-electron chi connectivity index (χ2n) is 5.48. The van der Waals surface area contributed by atoms with Crippen molar-refractivity contribution in [3.05, 3.63) is 40.0 Å². The van der Waals surface area contributed by atoms with Crippen LogP contribution in [0.4, 0.5) is 0 Å². The number of carbonyl (C=O) groups excluding carboxylic acids is 1. The highest BCUT2D eigenvalue weighted by molar-refractivity contribution is 9.10. The Balaban J connectivity index is 1.86. The molecule has 4 nitrogen and oxygen atoms in total. The fourth-order valence-electron chi connectivity index (χ4n) is 2.76. The van der Waals surface area contributed by atoms with Crippen molar-refractivity contribution >= 4 is 32.7 Å². The first-order chi connectivity index (χ1) is 10.1. The lowest BCUT2D eigenvalue weighted by molar-refractivity contribution is 0.0952. The second-order valence-corrected chi connectivity index (χ2v) is 6.39. The summed E-state index contributed by atoms with van der Waals surface area (Å²) in [7, 11) is 0. The molecule has 1 saturated heterocycles. The summed E-state index contributed by atoms with van der Waals surface area (Å²) < 4.78 is 0.967. The summed E-state index contributed by atoms with van der Waals surface area (Å²) in [5.74, 6) is -0.0264. The molecule has 0 saturated carbocycles. The van der Waals surface area contributed by atoms with Gasteiger partial charge >= 0.3 is 0 Å². The number of rotatable bonds is 3. The number of aryl methyl sites for hydroxylation is 1. The summed E-state index contributed by atoms with van der Waals surface area (Å²) in [6.45, 7) is 3.64. The predicted octanol–water partition coefficient (Wildman–Crippen LogP) is 2.79. The van der Waals surface area contributed by atoms with Gasteiger partial charge in [-0.25, -0.2) is 0 Å². The van der Waals surface area contributed by atoms with Crippen molar-refractivity contribution in [3.63, 3.8) is 0 Å². The normalized spacial score (nSPS) is 18.1. The van der Waals surface area contributed by atoms with Gasteiger partial charge in [-0.2, -0.15) is 0 Å². The summed E-state index contributed by atoms with van der Waals surface area (Å²) in [4.78, 5) is 17.0. The molecule has 110 valence electrons. The van der Waals surface area contributed by atoms with Crippen molar-refractivity contribution in [2.45, 2.75) is 25.8 Å². The molecule has 1 fully saturated rings. The minimum absolute atomic E-state index is 0.0264. The lowest BCUT2D eigenvalue weighted by Gasteiger charge is -2.13. The van der Waals surface area contributed by atoms with Crippen LogP contribution >= 0.6 is 15.9 Å². The molecule has 0 aliphatic carbocycles. The van der Waals surface area contributed by atoms with Crippen molar-refractivity contribution in [1.82, 2.24) is 15.6 Å². The molecule has 2 heterocycles. The first-order valence-electron chi connectivity index (χ1n) is 7.22. The topological polar surface area (TPSA) is 54.0 Å². The Morgan fingerprint density at radius 1 is 1.48 bits per heavy atom. The zero-order chi connectivity index (χ0) is 14.8. The molecule has 1 aliphatic rings. The van der Waals surface area contributed by atoms with Gasteiger partial charge in [0.1, 0.15) is 0 Å². The van der Waals surface area contributed by atoms with E-state index in [2.05, 4.69) is 31.5 Å². The van der Waals surface area contributed by atoms with Crippen molar-refractivity contribution in [1.29, 1.82) is 0 Å². The molecule has 0 bridgehead atoms. The zero-order valence-electron chi connectivity index (χ0n) is 11.9. The van der Waals surface area contributed by atoms with Gasteiger partial charge in [0.25, 0.3) is 5.91 Å². The molecule has 1 amide bonds. The molecule has 2 N–H and O–H groups in total. The van der Waals surface area contributed by atoms with Crippen molar-refractivity contribution in [2.24, 2.45) is 0 Å². The zero-order valence-corrected chi connectivity index (χ0v) is 13.5. The lowest BCUT2D eigenvalue weighted by atomic mass is 10.1. The number of carbonyl (C=O) groups is 1. The van der Waals surface area contributed by atoms with Crippen LogP contribution in [-0.2, 0) is 0 Å². The first kappa shape index (κ1) is 14.5. The monoisotopic (exact) mass is 347 g/mol. The van der Waals surface area contributed by atoms with E-state index in [-0.39, 0.29) is 5.91 Å². The molecule has 21 heavy (non-hydrogen) atoms. The number of halogens is 1. The van der Waals surface area contributed by atoms with E-state index in [0.717, 1.165) is 34.0 Å². The molecule has 2 aromatic rings. The van der Waals surface area contributed by atoms with E-state index in [9.17, 15) is 4.79 Å². The fourth-order valence-corrected chi connectivity index (χ4v) is 3.11. The standard InChI is InChI=1S/C16H18BrN3O/c1-10-7-14(13-5-4-11(17)8-15(13)20-10)16(21)19-9-12-3-2-6-18-12/h4-5,7-8,12,18H,2-3,6,9H2,1H3,(H,19,21). The van der Waals surface area contributed by atoms with E-state index < -0.39 is 0 Å². The highest BCUT2D eigenvalue weighted by Gasteiger charge is 2.17. The summed E-state index contributed by atoms with van der Waals surface area (Å²) >= 11 is 3.45. The maximum Gasteiger partial charge on any atom is 0.252 e. The van der Waals surface area contributed by atoms with Crippen LogP contribution in [0.1, 0.15) is 28.9 Å². The van der Waals surface area contributed by atoms with Crippen LogP contribution in [0.2, 0.25) is 0 Å². The van der Waals surface area contributed by atoms with Gasteiger partial charge in [0, 0.05) is 28.1 Å². The quantitative estimate of drug-likeness (QED) is 0.897. The third-order valence-electron chi connectivity index (χ3n) is 3.82. The maximum atomic E-state index is 12.5. The number of aromatic nitrogens is 1. The number of nitrogens with one attached hydrogen (secondary N) is 2. The molecule has 3 rings (SSSR count). The van der Waals surface area contributed by atoms with Gasteiger partial charge in [-0.15, -0.1) is 0 Å². The number of hydrogen-bond donors (Lipinski definition) is 2. The van der Waals surface area contributed by atoms with E-state index in [1.807, 2.05) is 31.2 Å². The Kier molecular flexibility index (Phi) is 4.22. The largest absolute Gasteiger partial charge is 0.350 e. The number of fused-ring (bicyclic) bond motifs is 1. The minimum Gasteiger partial charge on any atom is -0.350 e. The van der Waals surface area contributed by atoms with Gasteiger partial charge in [0.2, 0.25) is 0 Å². The Morgan fingerprint density at radius 3 is 3.10 bits per heavy atom. The van der Waals surface area contributed by atoms with Gasteiger partial charge < -0.3 is 10.6 Å². The third kappa shape index (κ3) is 3.24. The Morgan fingerprint density at radius 2 is 2.33 bits per heavy atom. The lowest BCUT2D eigenvalue weighted by Crippen LogP contribution is -2.37. The molecule has 1 aliphatic heterocycles. The number of hydrogen-bond acceptors (Lipinski definition) is 3. The average Bonchev–Trinajstić information content (AvgIpc) is 2.96. The SMILES string of the molecule is Cc1cc(C(=O)NCC2CCCN2)c2ccc(Br)cc2n1. The maximum absolute atomic E-state index is 12.5. The second kappa shape index (κ2) is 6.12. The molecule has 1 aromatic carbocycles. The van der Waals surface area contributed by atoms with Crippen LogP contribution in [-0.4, -0.2) is 30.0 Å². The minimum atomic E-state index is -0.0264. The smallest absolute Gasteiger partial charge is 0.252 e. The van der Waals surface area contributed by atoms with E-state index in [1.54, 1.807) is 0 Å². The Labute approximate surface area is 132 Å². The van der Waals surface area contributed by atoms with Gasteiger partial charge in [0.15, 0.2) is 0 Å². The number of benzene rings is 1. The Hall–Kier alpha value is -1.46. The van der Waals surface area contributed by atoms with Gasteiger partial charge in [-0.3, -0.25) is 9.78 Å². The van der Waals surface area contributed by atoms with Crippen molar-refractivity contribution in [3.8, 4) is 0 Å². The predicted molar refractivity (Wildman–Crippen MR) is 87.5 cm³/mol. The van der Waals surface area contributed by atoms with E-state index in [0.29, 0.717) is 18.2 Å². The molecule has 1 atom stereocenters. The first-order valence-corrected chi connectivity index (χ1v) is 8.01. The van der Waals surface area contributed by atoms with E-state index >= 15 is 0 Å². The van der Waals surface area contributed by atoms with Crippen LogP contribution in [0.25, 0.3) is 10.9 Å². The number of nitrogens with zero attached hydrogens (tertiary/aromatic N) is 1. The summed E-state index contributed by atoms with van der Waals surface area (Å²) in [5, 5.41) is 7.31. The van der Waals surface area contributed by atoms with Crippen LogP contribution in [0.15, 0.2) is 28.7 Å². The van der Waals surface area contributed by atoms with Crippen LogP contribution in [0, 0.1) is 6.92 Å². The van der Waals surface area contributed by atoms with Crippen molar-refractivity contribution < 1.29 is 4.79 Å². The third-order valence-corrected chi connectivity index (χ3v) is 4.31. The van der Waals surface area contributed by atoms with Gasteiger partial charge in [0.05, 0.1) is 11.1 Å². The highest BCUT2D eigenvalue weighted by atomic mass is 79.9. The molecular formula is C16H18BrN3O. The summed E-state index contributed by atoms with van der Waals surface area (Å²) in [6, 6.07) is 8.08. The fraction of sp³-hybridized carbons (Fsp3) is 0.375. The van der Waals surface area contributed by atoms with Gasteiger partial charge in [-0.1, -0.05) is 22.0 Å². The van der Waals surface area contributed by atoms with E-state index in [4.69, 9.17) is 0 Å². The summed E-state index contributed by atoms with van der Waals surface area (Å²) in [5.41, 5.74) is 2.39. The molecular weight excluding hydrogens is 330 g/mol. The van der Waals surface area contributed by atoms with Crippen LogP contribution in [0.3, 0.4) is 0 Å².